The molecule has 2 bridgehead atoms. The average molecular weight is 286 g/mol. The Kier molecular flexibility index (Phi) is 2.56. The molecular weight excluding hydrogens is 256 g/mol. The number of allylic oxidation sites excluding steroid dienone is 2. The van der Waals surface area contributed by atoms with Crippen LogP contribution in [0.4, 0.5) is 0 Å². The molecule has 21 heavy (non-hydrogen) atoms. The predicted molar refractivity (Wildman–Crippen MR) is 85.9 cm³/mol. The zero-order valence-electron chi connectivity index (χ0n) is 14.2. The molecule has 0 saturated heterocycles. The first-order valence-electron chi connectivity index (χ1n) is 8.96. The Morgan fingerprint density at radius 1 is 1.00 bits per heavy atom. The van der Waals surface area contributed by atoms with Gasteiger partial charge in [0.25, 0.3) is 0 Å². The van der Waals surface area contributed by atoms with E-state index < -0.39 is 0 Å². The Morgan fingerprint density at radius 2 is 1.76 bits per heavy atom. The zero-order chi connectivity index (χ0) is 15.1. The van der Waals surface area contributed by atoms with Crippen molar-refractivity contribution in [2.24, 2.45) is 33.5 Å². The maximum atomic E-state index is 13.2. The van der Waals surface area contributed by atoms with E-state index >= 15 is 0 Å². The topological polar surface area (TPSA) is 17.1 Å². The third-order valence-electron chi connectivity index (χ3n) is 8.09. The van der Waals surface area contributed by atoms with Gasteiger partial charge in [-0.05, 0) is 60.2 Å². The number of carbonyl (C=O) groups excluding carboxylic acids is 1. The van der Waals surface area contributed by atoms with Crippen LogP contribution in [-0.2, 0) is 4.79 Å². The Labute approximate surface area is 129 Å². The van der Waals surface area contributed by atoms with Crippen LogP contribution in [0, 0.1) is 33.5 Å². The average Bonchev–Trinajstić information content (AvgIpc) is 2.65. The van der Waals surface area contributed by atoms with Crippen LogP contribution in [0.1, 0.15) is 72.6 Å². The summed E-state index contributed by atoms with van der Waals surface area (Å²) in [6.07, 6.45) is 13.2. The van der Waals surface area contributed by atoms with E-state index in [9.17, 15) is 4.79 Å². The molecule has 0 amide bonds. The monoisotopic (exact) mass is 286 g/mol. The van der Waals surface area contributed by atoms with E-state index in [0.29, 0.717) is 33.9 Å². The normalized spacial score (nSPS) is 54.2. The van der Waals surface area contributed by atoms with Gasteiger partial charge in [-0.15, -0.1) is 0 Å². The first kappa shape index (κ1) is 14.0. The van der Waals surface area contributed by atoms with Crippen LogP contribution in [0.2, 0.25) is 0 Å². The van der Waals surface area contributed by atoms with Crippen LogP contribution in [0.5, 0.6) is 0 Å². The van der Waals surface area contributed by atoms with Gasteiger partial charge in [0.1, 0.15) is 5.78 Å². The molecule has 0 aromatic carbocycles. The lowest BCUT2D eigenvalue weighted by molar-refractivity contribution is -0.167. The minimum Gasteiger partial charge on any atom is -0.299 e. The quantitative estimate of drug-likeness (QED) is 0.562. The van der Waals surface area contributed by atoms with E-state index in [0.717, 1.165) is 12.8 Å². The molecule has 0 N–H and O–H groups in total. The van der Waals surface area contributed by atoms with Crippen molar-refractivity contribution >= 4 is 5.78 Å². The summed E-state index contributed by atoms with van der Waals surface area (Å²) in [5, 5.41) is 0. The minimum atomic E-state index is -0.0916. The highest BCUT2D eigenvalue weighted by Crippen LogP contribution is 2.70. The maximum Gasteiger partial charge on any atom is 0.143 e. The molecule has 1 nitrogen and oxygen atoms in total. The Hall–Kier alpha value is -0.590. The molecule has 0 radical (unpaired) electrons. The second-order valence-electron chi connectivity index (χ2n) is 9.82. The van der Waals surface area contributed by atoms with E-state index in [2.05, 4.69) is 39.8 Å². The van der Waals surface area contributed by atoms with Crippen molar-refractivity contribution in [3.05, 3.63) is 12.2 Å². The van der Waals surface area contributed by atoms with Gasteiger partial charge in [0.15, 0.2) is 0 Å². The molecule has 116 valence electrons. The first-order valence-corrected chi connectivity index (χ1v) is 8.96. The van der Waals surface area contributed by atoms with Crippen LogP contribution in [-0.4, -0.2) is 5.78 Å². The van der Waals surface area contributed by atoms with Crippen molar-refractivity contribution < 1.29 is 4.79 Å². The lowest BCUT2D eigenvalue weighted by Gasteiger charge is -2.63. The summed E-state index contributed by atoms with van der Waals surface area (Å²) in [5.41, 5.74) is 0.935. The second-order valence-corrected chi connectivity index (χ2v) is 9.82. The van der Waals surface area contributed by atoms with Gasteiger partial charge < -0.3 is 0 Å². The van der Waals surface area contributed by atoms with Gasteiger partial charge in [0, 0.05) is 6.42 Å². The summed E-state index contributed by atoms with van der Waals surface area (Å²) in [7, 11) is 0. The van der Waals surface area contributed by atoms with Gasteiger partial charge in [-0.25, -0.2) is 0 Å². The van der Waals surface area contributed by atoms with Crippen LogP contribution < -0.4 is 0 Å². The van der Waals surface area contributed by atoms with E-state index in [1.54, 1.807) is 0 Å². The minimum absolute atomic E-state index is 0.0916. The number of hydrogen-bond donors (Lipinski definition) is 0. The largest absolute Gasteiger partial charge is 0.299 e. The molecule has 0 aromatic heterocycles. The molecule has 4 aliphatic carbocycles. The summed E-state index contributed by atoms with van der Waals surface area (Å²) in [6.45, 7) is 9.72. The zero-order valence-corrected chi connectivity index (χ0v) is 14.2. The Morgan fingerprint density at radius 3 is 2.52 bits per heavy atom. The molecule has 1 spiro atoms. The third kappa shape index (κ3) is 1.61. The van der Waals surface area contributed by atoms with E-state index in [1.165, 1.54) is 32.1 Å². The number of hydrogen-bond acceptors (Lipinski definition) is 1. The Bertz CT molecular complexity index is 530. The van der Waals surface area contributed by atoms with Gasteiger partial charge in [-0.2, -0.15) is 0 Å². The molecule has 0 heterocycles. The summed E-state index contributed by atoms with van der Waals surface area (Å²) < 4.78 is 0. The number of carbonyl (C=O) groups is 1. The molecule has 0 aliphatic heterocycles. The van der Waals surface area contributed by atoms with Gasteiger partial charge >= 0.3 is 0 Å². The lowest BCUT2D eigenvalue weighted by Crippen LogP contribution is -2.60. The van der Waals surface area contributed by atoms with Crippen molar-refractivity contribution in [3.8, 4) is 0 Å². The van der Waals surface area contributed by atoms with Crippen LogP contribution in [0.15, 0.2) is 12.2 Å². The van der Waals surface area contributed by atoms with Gasteiger partial charge in [-0.3, -0.25) is 4.79 Å². The van der Waals surface area contributed by atoms with Crippen molar-refractivity contribution in [1.29, 1.82) is 0 Å². The van der Waals surface area contributed by atoms with Crippen molar-refractivity contribution in [2.75, 3.05) is 0 Å². The SMILES string of the molecule is CC12C=CC3(C1)C(=O)CC1C(C)(C)CCCC1(C)C3CC2. The van der Waals surface area contributed by atoms with Crippen molar-refractivity contribution in [2.45, 2.75) is 72.6 Å². The molecule has 1 heteroatoms. The van der Waals surface area contributed by atoms with E-state index in [1.807, 2.05) is 0 Å². The highest BCUT2D eigenvalue weighted by Gasteiger charge is 2.66. The van der Waals surface area contributed by atoms with E-state index in [4.69, 9.17) is 0 Å². The second kappa shape index (κ2) is 3.84. The van der Waals surface area contributed by atoms with Crippen molar-refractivity contribution in [1.82, 2.24) is 0 Å². The highest BCUT2D eigenvalue weighted by atomic mass is 16.1. The maximum absolute atomic E-state index is 13.2. The number of ketones is 1. The number of rotatable bonds is 0. The fourth-order valence-electron chi connectivity index (χ4n) is 7.05. The molecule has 5 atom stereocenters. The molecular formula is C20H30O. The fraction of sp³-hybridized carbons (Fsp3) is 0.850. The summed E-state index contributed by atoms with van der Waals surface area (Å²) in [4.78, 5) is 13.2. The summed E-state index contributed by atoms with van der Waals surface area (Å²) >= 11 is 0. The summed E-state index contributed by atoms with van der Waals surface area (Å²) in [6, 6.07) is 0. The molecule has 5 unspecified atom stereocenters. The number of fused-ring (bicyclic) bond motifs is 3. The highest BCUT2D eigenvalue weighted by molar-refractivity contribution is 5.89. The Balaban J connectivity index is 1.81. The van der Waals surface area contributed by atoms with Gasteiger partial charge in [-0.1, -0.05) is 46.3 Å². The fourth-order valence-corrected chi connectivity index (χ4v) is 7.05. The standard InChI is InChI=1S/C20H30O/c1-17(2)7-5-8-19(4)14-6-9-18(3)10-11-20(14,13-18)16(21)12-15(17)19/h10-11,14-15H,5-9,12-13H2,1-4H3. The van der Waals surface area contributed by atoms with Crippen LogP contribution >= 0.6 is 0 Å². The first-order chi connectivity index (χ1) is 9.72. The molecule has 4 aliphatic rings. The third-order valence-corrected chi connectivity index (χ3v) is 8.09. The van der Waals surface area contributed by atoms with Gasteiger partial charge in [0.2, 0.25) is 0 Å². The predicted octanol–water partition coefficient (Wildman–Crippen LogP) is 5.15. The smallest absolute Gasteiger partial charge is 0.143 e. The molecule has 3 saturated carbocycles. The molecule has 3 fully saturated rings. The molecule has 0 aromatic rings. The van der Waals surface area contributed by atoms with Crippen LogP contribution in [0.25, 0.3) is 0 Å². The van der Waals surface area contributed by atoms with Gasteiger partial charge in [0.05, 0.1) is 5.41 Å². The van der Waals surface area contributed by atoms with Crippen LogP contribution in [0.3, 0.4) is 0 Å². The van der Waals surface area contributed by atoms with E-state index in [-0.39, 0.29) is 5.41 Å². The lowest BCUT2D eigenvalue weighted by atomic mass is 9.40. The number of Topliss-reactive ketones (excluding diaryl/α,β-unsaturated/α-hetero) is 1. The molecule has 4 rings (SSSR count). The summed E-state index contributed by atoms with van der Waals surface area (Å²) in [5.74, 6) is 1.77. The van der Waals surface area contributed by atoms with Crippen molar-refractivity contribution in [3.63, 3.8) is 0 Å².